The number of benzene rings is 1. The molecule has 0 heterocycles. The fourth-order valence-electron chi connectivity index (χ4n) is 3.61. The molecule has 0 amide bonds. The Bertz CT molecular complexity index is 487. The van der Waals surface area contributed by atoms with Crippen molar-refractivity contribution in [2.24, 2.45) is 5.41 Å². The van der Waals surface area contributed by atoms with Gasteiger partial charge in [0.1, 0.15) is 0 Å². The molecule has 0 bridgehead atoms. The Hall–Kier alpha value is -1.04. The van der Waals surface area contributed by atoms with Crippen LogP contribution in [-0.2, 0) is 19.3 Å². The summed E-state index contributed by atoms with van der Waals surface area (Å²) in [5.74, 6) is 0. The van der Waals surface area contributed by atoms with E-state index in [2.05, 4.69) is 39.0 Å². The van der Waals surface area contributed by atoms with E-state index in [1.165, 1.54) is 43.2 Å². The second kappa shape index (κ2) is 3.73. The van der Waals surface area contributed by atoms with Crippen LogP contribution >= 0.6 is 0 Å². The molecule has 0 aromatic heterocycles. The molecule has 3 rings (SSSR count). The van der Waals surface area contributed by atoms with Crippen LogP contribution < -0.4 is 0 Å². The third kappa shape index (κ3) is 1.66. The molecule has 17 heavy (non-hydrogen) atoms. The highest BCUT2D eigenvalue weighted by molar-refractivity contribution is 5.65. The van der Waals surface area contributed by atoms with Crippen molar-refractivity contribution in [1.29, 1.82) is 0 Å². The van der Waals surface area contributed by atoms with Gasteiger partial charge in [0.05, 0.1) is 0 Å². The monoisotopic (exact) mass is 226 g/mol. The molecule has 0 nitrogen and oxygen atoms in total. The number of allylic oxidation sites excluding steroid dienone is 1. The van der Waals surface area contributed by atoms with Gasteiger partial charge in [0.15, 0.2) is 0 Å². The second-order valence-corrected chi connectivity index (χ2v) is 6.05. The van der Waals surface area contributed by atoms with Gasteiger partial charge in [0.25, 0.3) is 0 Å². The predicted molar refractivity (Wildman–Crippen MR) is 74.2 cm³/mol. The molecule has 0 fully saturated rings. The number of rotatable bonds is 2. The molecule has 0 radical (unpaired) electrons. The van der Waals surface area contributed by atoms with E-state index in [1.54, 1.807) is 16.7 Å². The smallest absolute Gasteiger partial charge is 0.00605 e. The van der Waals surface area contributed by atoms with Crippen molar-refractivity contribution in [3.05, 3.63) is 40.0 Å². The number of hydrogen-bond acceptors (Lipinski definition) is 0. The van der Waals surface area contributed by atoms with Crippen molar-refractivity contribution in [1.82, 2.24) is 0 Å². The van der Waals surface area contributed by atoms with Gasteiger partial charge in [-0.15, -0.1) is 0 Å². The average Bonchev–Trinajstić information content (AvgIpc) is 2.84. The van der Waals surface area contributed by atoms with Crippen LogP contribution in [0.3, 0.4) is 0 Å². The molecule has 2 aliphatic carbocycles. The first-order valence-electron chi connectivity index (χ1n) is 6.97. The van der Waals surface area contributed by atoms with Gasteiger partial charge in [-0.1, -0.05) is 37.6 Å². The minimum Gasteiger partial charge on any atom is -0.0683 e. The molecule has 0 N–H and O–H groups in total. The molecule has 0 spiro atoms. The normalized spacial score (nSPS) is 20.1. The molecular weight excluding hydrogens is 204 g/mol. The SMILES string of the molecule is CCC1(CC)Cc2cc3c(cc2C1)CC(C)=C3. The molecule has 90 valence electrons. The largest absolute Gasteiger partial charge is 0.0683 e. The summed E-state index contributed by atoms with van der Waals surface area (Å²) in [5.41, 5.74) is 8.39. The molecular formula is C17H22. The van der Waals surface area contributed by atoms with Crippen LogP contribution in [0.4, 0.5) is 0 Å². The van der Waals surface area contributed by atoms with Gasteiger partial charge in [-0.05, 0) is 66.7 Å². The topological polar surface area (TPSA) is 0 Å². The number of fused-ring (bicyclic) bond motifs is 2. The maximum Gasteiger partial charge on any atom is -0.00605 e. The summed E-state index contributed by atoms with van der Waals surface area (Å²) < 4.78 is 0. The lowest BCUT2D eigenvalue weighted by Gasteiger charge is -2.25. The van der Waals surface area contributed by atoms with Crippen molar-refractivity contribution >= 4 is 6.08 Å². The van der Waals surface area contributed by atoms with Crippen LogP contribution in [0.5, 0.6) is 0 Å². The Morgan fingerprint density at radius 1 is 1.00 bits per heavy atom. The van der Waals surface area contributed by atoms with Crippen LogP contribution in [0.15, 0.2) is 17.7 Å². The molecule has 0 aliphatic heterocycles. The highest BCUT2D eigenvalue weighted by Gasteiger charge is 2.34. The van der Waals surface area contributed by atoms with Gasteiger partial charge >= 0.3 is 0 Å². The maximum absolute atomic E-state index is 2.49. The molecule has 0 saturated carbocycles. The zero-order chi connectivity index (χ0) is 12.0. The first kappa shape index (κ1) is 11.1. The summed E-state index contributed by atoms with van der Waals surface area (Å²) in [6, 6.07) is 4.96. The van der Waals surface area contributed by atoms with E-state index in [-0.39, 0.29) is 0 Å². The summed E-state index contributed by atoms with van der Waals surface area (Å²) in [7, 11) is 0. The lowest BCUT2D eigenvalue weighted by Crippen LogP contribution is -2.18. The zero-order valence-corrected chi connectivity index (χ0v) is 11.3. The van der Waals surface area contributed by atoms with Gasteiger partial charge in [-0.2, -0.15) is 0 Å². The quantitative estimate of drug-likeness (QED) is 0.694. The molecule has 1 aromatic rings. The average molecular weight is 226 g/mol. The van der Waals surface area contributed by atoms with E-state index in [4.69, 9.17) is 0 Å². The lowest BCUT2D eigenvalue weighted by molar-refractivity contribution is 0.280. The van der Waals surface area contributed by atoms with Crippen LogP contribution in [0.1, 0.15) is 55.9 Å². The van der Waals surface area contributed by atoms with Crippen LogP contribution in [-0.4, -0.2) is 0 Å². The van der Waals surface area contributed by atoms with Crippen molar-refractivity contribution in [2.45, 2.75) is 52.9 Å². The fourth-order valence-corrected chi connectivity index (χ4v) is 3.61. The van der Waals surface area contributed by atoms with Gasteiger partial charge < -0.3 is 0 Å². The molecule has 2 aliphatic rings. The third-order valence-electron chi connectivity index (χ3n) is 4.96. The summed E-state index contributed by atoms with van der Waals surface area (Å²) in [6.45, 7) is 6.95. The van der Waals surface area contributed by atoms with E-state index in [0.717, 1.165) is 0 Å². The highest BCUT2D eigenvalue weighted by atomic mass is 14.4. The Labute approximate surface area is 105 Å². The predicted octanol–water partition coefficient (Wildman–Crippen LogP) is 4.55. The Morgan fingerprint density at radius 3 is 2.29 bits per heavy atom. The minimum atomic E-state index is 0.566. The van der Waals surface area contributed by atoms with E-state index in [9.17, 15) is 0 Å². The van der Waals surface area contributed by atoms with Crippen molar-refractivity contribution in [3.8, 4) is 0 Å². The van der Waals surface area contributed by atoms with E-state index in [0.29, 0.717) is 5.41 Å². The Morgan fingerprint density at radius 2 is 1.65 bits per heavy atom. The molecule has 0 atom stereocenters. The second-order valence-electron chi connectivity index (χ2n) is 6.05. The third-order valence-corrected chi connectivity index (χ3v) is 4.96. The zero-order valence-electron chi connectivity index (χ0n) is 11.3. The molecule has 0 heteroatoms. The van der Waals surface area contributed by atoms with Crippen molar-refractivity contribution in [3.63, 3.8) is 0 Å². The summed E-state index contributed by atoms with van der Waals surface area (Å²) >= 11 is 0. The number of hydrogen-bond donors (Lipinski definition) is 0. The Kier molecular flexibility index (Phi) is 2.43. The van der Waals surface area contributed by atoms with Gasteiger partial charge in [0.2, 0.25) is 0 Å². The summed E-state index contributed by atoms with van der Waals surface area (Å²) in [4.78, 5) is 0. The lowest BCUT2D eigenvalue weighted by atomic mass is 9.80. The van der Waals surface area contributed by atoms with Gasteiger partial charge in [-0.25, -0.2) is 0 Å². The van der Waals surface area contributed by atoms with E-state index in [1.807, 2.05) is 0 Å². The Balaban J connectivity index is 2.00. The van der Waals surface area contributed by atoms with Crippen molar-refractivity contribution in [2.75, 3.05) is 0 Å². The summed E-state index contributed by atoms with van der Waals surface area (Å²) in [5, 5.41) is 0. The molecule has 0 unspecified atom stereocenters. The van der Waals surface area contributed by atoms with Gasteiger partial charge in [0, 0.05) is 0 Å². The molecule has 0 saturated heterocycles. The first-order valence-corrected chi connectivity index (χ1v) is 6.97. The first-order chi connectivity index (χ1) is 8.15. The fraction of sp³-hybridized carbons (Fsp3) is 0.529. The highest BCUT2D eigenvalue weighted by Crippen LogP contribution is 2.44. The van der Waals surface area contributed by atoms with E-state index < -0.39 is 0 Å². The maximum atomic E-state index is 2.49. The van der Waals surface area contributed by atoms with Gasteiger partial charge in [-0.3, -0.25) is 0 Å². The minimum absolute atomic E-state index is 0.566. The standard InChI is InChI=1S/C17H22/c1-4-17(5-2)10-15-8-13-6-12(3)7-14(13)9-16(15)11-17/h6,8-9H,4-5,7,10-11H2,1-3H3. The van der Waals surface area contributed by atoms with Crippen LogP contribution in [0.25, 0.3) is 6.08 Å². The van der Waals surface area contributed by atoms with E-state index >= 15 is 0 Å². The summed E-state index contributed by atoms with van der Waals surface area (Å²) in [6.07, 6.45) is 8.79. The van der Waals surface area contributed by atoms with Crippen LogP contribution in [0, 0.1) is 5.41 Å². The van der Waals surface area contributed by atoms with Crippen molar-refractivity contribution < 1.29 is 0 Å². The van der Waals surface area contributed by atoms with Crippen LogP contribution in [0.2, 0.25) is 0 Å². The molecule has 1 aromatic carbocycles.